The van der Waals surface area contributed by atoms with Gasteiger partial charge in [0, 0.05) is 32.1 Å². The molecule has 1 aromatic rings. The van der Waals surface area contributed by atoms with E-state index in [2.05, 4.69) is 0 Å². The molecule has 0 radical (unpaired) electrons. The summed E-state index contributed by atoms with van der Waals surface area (Å²) in [6.45, 7) is 3.26. The van der Waals surface area contributed by atoms with Crippen molar-refractivity contribution in [1.82, 2.24) is 9.80 Å². The molecule has 0 aliphatic carbocycles. The first-order chi connectivity index (χ1) is 12.1. The number of benzene rings is 1. The van der Waals surface area contributed by atoms with Crippen molar-refractivity contribution in [3.63, 3.8) is 0 Å². The molecule has 1 N–H and O–H groups in total. The molecular weight excluding hydrogens is 342 g/mol. The van der Waals surface area contributed by atoms with E-state index >= 15 is 0 Å². The first-order valence-electron chi connectivity index (χ1n) is 8.77. The van der Waals surface area contributed by atoms with Crippen molar-refractivity contribution in [2.45, 2.75) is 38.8 Å². The Balaban J connectivity index is 1.71. The van der Waals surface area contributed by atoms with Gasteiger partial charge in [-0.3, -0.25) is 14.5 Å². The van der Waals surface area contributed by atoms with Gasteiger partial charge in [0.15, 0.2) is 0 Å². The molecule has 2 aliphatic rings. The second-order valence-electron chi connectivity index (χ2n) is 7.99. The maximum atomic E-state index is 14.5. The first-order valence-corrected chi connectivity index (χ1v) is 8.77. The Morgan fingerprint density at radius 3 is 2.50 bits per heavy atom. The van der Waals surface area contributed by atoms with Crippen LogP contribution in [0.15, 0.2) is 30.3 Å². The van der Waals surface area contributed by atoms with E-state index in [1.54, 1.807) is 4.90 Å². The number of carboxylic acid groups (broad SMARTS) is 1. The maximum absolute atomic E-state index is 14.5. The van der Waals surface area contributed by atoms with Gasteiger partial charge >= 0.3 is 5.97 Å². The Labute approximate surface area is 151 Å². The zero-order valence-electron chi connectivity index (χ0n) is 15.0. The van der Waals surface area contributed by atoms with Gasteiger partial charge in [-0.05, 0) is 19.4 Å². The predicted octanol–water partition coefficient (Wildman–Crippen LogP) is 2.47. The van der Waals surface area contributed by atoms with Crippen LogP contribution in [0.1, 0.15) is 25.8 Å². The largest absolute Gasteiger partial charge is 0.481 e. The Morgan fingerprint density at radius 1 is 1.23 bits per heavy atom. The van der Waals surface area contributed by atoms with Crippen LogP contribution < -0.4 is 0 Å². The maximum Gasteiger partial charge on any atom is 0.309 e. The number of alkyl halides is 2. The summed E-state index contributed by atoms with van der Waals surface area (Å²) in [6.07, 6.45) is -0.188. The molecule has 26 heavy (non-hydrogen) atoms. The molecule has 1 amide bonds. The molecule has 0 saturated carbocycles. The van der Waals surface area contributed by atoms with E-state index in [-0.39, 0.29) is 32.0 Å². The van der Waals surface area contributed by atoms with Crippen molar-refractivity contribution in [2.24, 2.45) is 11.3 Å². The average Bonchev–Trinajstić information content (AvgIpc) is 3.09. The fourth-order valence-corrected chi connectivity index (χ4v) is 3.84. The van der Waals surface area contributed by atoms with E-state index in [0.29, 0.717) is 6.54 Å². The molecule has 2 fully saturated rings. The summed E-state index contributed by atoms with van der Waals surface area (Å²) in [5.74, 6) is -5.19. The minimum atomic E-state index is -2.85. The molecule has 7 heteroatoms. The zero-order valence-corrected chi connectivity index (χ0v) is 15.0. The fourth-order valence-electron chi connectivity index (χ4n) is 3.84. The number of rotatable bonds is 5. The van der Waals surface area contributed by atoms with Crippen LogP contribution in [0.5, 0.6) is 0 Å². The molecule has 0 aromatic heterocycles. The number of fused-ring (bicyclic) bond motifs is 1. The Bertz CT molecular complexity index is 693. The van der Waals surface area contributed by atoms with Gasteiger partial charge in [0.2, 0.25) is 5.91 Å². The van der Waals surface area contributed by atoms with Crippen LogP contribution >= 0.6 is 0 Å². The standard InChI is InChI=1S/C19H24F2N2O3/c1-18(2,17(25)26)8-16(24)22-10-14-15(11-22)23(12-19(14,20)21)9-13-6-4-3-5-7-13/h3-7,14-15H,8-12H2,1-2H3,(H,25,26)/t14-,15+/m1/s1. The van der Waals surface area contributed by atoms with Crippen LogP contribution in [0.2, 0.25) is 0 Å². The molecule has 5 nitrogen and oxygen atoms in total. The molecule has 2 saturated heterocycles. The summed E-state index contributed by atoms with van der Waals surface area (Å²) in [6, 6.07) is 9.03. The lowest BCUT2D eigenvalue weighted by Gasteiger charge is -2.27. The molecule has 0 bridgehead atoms. The highest BCUT2D eigenvalue weighted by Crippen LogP contribution is 2.43. The zero-order chi connectivity index (χ0) is 19.1. The Hall–Kier alpha value is -2.02. The second-order valence-corrected chi connectivity index (χ2v) is 7.99. The van der Waals surface area contributed by atoms with Crippen molar-refractivity contribution < 1.29 is 23.5 Å². The van der Waals surface area contributed by atoms with E-state index in [0.717, 1.165) is 5.56 Å². The van der Waals surface area contributed by atoms with Crippen molar-refractivity contribution in [1.29, 1.82) is 0 Å². The normalized spacial score (nSPS) is 25.3. The third kappa shape index (κ3) is 3.58. The number of carboxylic acids is 1. The lowest BCUT2D eigenvalue weighted by Crippen LogP contribution is -2.40. The molecule has 2 atom stereocenters. The van der Waals surface area contributed by atoms with Gasteiger partial charge in [-0.25, -0.2) is 8.78 Å². The highest BCUT2D eigenvalue weighted by molar-refractivity contribution is 5.84. The molecule has 142 valence electrons. The number of aliphatic carboxylic acids is 1. The molecular formula is C19H24F2N2O3. The smallest absolute Gasteiger partial charge is 0.309 e. The average molecular weight is 366 g/mol. The molecule has 2 aliphatic heterocycles. The first kappa shape index (κ1) is 18.8. The van der Waals surface area contributed by atoms with Crippen molar-refractivity contribution >= 4 is 11.9 Å². The van der Waals surface area contributed by atoms with Gasteiger partial charge in [-0.15, -0.1) is 0 Å². The number of hydrogen-bond acceptors (Lipinski definition) is 3. The van der Waals surface area contributed by atoms with Crippen LogP contribution in [0.3, 0.4) is 0 Å². The summed E-state index contributed by atoms with van der Waals surface area (Å²) in [5, 5.41) is 9.18. The van der Waals surface area contributed by atoms with Crippen molar-refractivity contribution in [3.05, 3.63) is 35.9 Å². The highest BCUT2D eigenvalue weighted by Gasteiger charge is 2.58. The molecule has 0 spiro atoms. The lowest BCUT2D eigenvalue weighted by atomic mass is 9.89. The van der Waals surface area contributed by atoms with Gasteiger partial charge < -0.3 is 10.0 Å². The van der Waals surface area contributed by atoms with Crippen LogP contribution in [-0.2, 0) is 16.1 Å². The summed E-state index contributed by atoms with van der Waals surface area (Å²) >= 11 is 0. The fraction of sp³-hybridized carbons (Fsp3) is 0.579. The third-order valence-electron chi connectivity index (χ3n) is 5.47. The lowest BCUT2D eigenvalue weighted by molar-refractivity contribution is -0.151. The van der Waals surface area contributed by atoms with Gasteiger partial charge in [0.05, 0.1) is 17.9 Å². The number of amides is 1. The minimum Gasteiger partial charge on any atom is -0.481 e. The van der Waals surface area contributed by atoms with Gasteiger partial charge in [-0.2, -0.15) is 0 Å². The molecule has 3 rings (SSSR count). The third-order valence-corrected chi connectivity index (χ3v) is 5.47. The van der Waals surface area contributed by atoms with Gasteiger partial charge in [0.25, 0.3) is 5.92 Å². The number of halogens is 2. The number of hydrogen-bond donors (Lipinski definition) is 1. The second kappa shape index (κ2) is 6.61. The number of carbonyl (C=O) groups is 2. The van der Waals surface area contributed by atoms with E-state index < -0.39 is 29.3 Å². The van der Waals surface area contributed by atoms with Gasteiger partial charge in [0.1, 0.15) is 0 Å². The number of likely N-dealkylation sites (tertiary alicyclic amines) is 2. The summed E-state index contributed by atoms with van der Waals surface area (Å²) in [5.41, 5.74) is -0.248. The van der Waals surface area contributed by atoms with E-state index in [1.807, 2.05) is 30.3 Å². The predicted molar refractivity (Wildman–Crippen MR) is 91.7 cm³/mol. The Morgan fingerprint density at radius 2 is 1.88 bits per heavy atom. The SMILES string of the molecule is CC(C)(CC(=O)N1C[C@@H]2[C@H](C1)N(Cc1ccccc1)CC2(F)F)C(=O)O. The molecule has 0 unspecified atom stereocenters. The number of nitrogens with zero attached hydrogens (tertiary/aromatic N) is 2. The minimum absolute atomic E-state index is 0.0164. The van der Waals surface area contributed by atoms with Gasteiger partial charge in [-0.1, -0.05) is 30.3 Å². The van der Waals surface area contributed by atoms with Crippen LogP contribution in [0.4, 0.5) is 8.78 Å². The van der Waals surface area contributed by atoms with E-state index in [4.69, 9.17) is 0 Å². The quantitative estimate of drug-likeness (QED) is 0.870. The molecule has 2 heterocycles. The monoisotopic (exact) mass is 366 g/mol. The van der Waals surface area contributed by atoms with Crippen LogP contribution in [0, 0.1) is 11.3 Å². The summed E-state index contributed by atoms with van der Waals surface area (Å²) in [4.78, 5) is 26.9. The van der Waals surface area contributed by atoms with Crippen LogP contribution in [0.25, 0.3) is 0 Å². The van der Waals surface area contributed by atoms with E-state index in [1.165, 1.54) is 18.7 Å². The highest BCUT2D eigenvalue weighted by atomic mass is 19.3. The summed E-state index contributed by atoms with van der Waals surface area (Å²) < 4.78 is 29.0. The van der Waals surface area contributed by atoms with Crippen molar-refractivity contribution in [2.75, 3.05) is 19.6 Å². The summed E-state index contributed by atoms with van der Waals surface area (Å²) in [7, 11) is 0. The Kier molecular flexibility index (Phi) is 4.77. The van der Waals surface area contributed by atoms with E-state index in [9.17, 15) is 23.5 Å². The molecule has 1 aromatic carbocycles. The van der Waals surface area contributed by atoms with Crippen LogP contribution in [-0.4, -0.2) is 58.4 Å². The number of carbonyl (C=O) groups excluding carboxylic acids is 1. The topological polar surface area (TPSA) is 60.9 Å². The van der Waals surface area contributed by atoms with Crippen molar-refractivity contribution in [3.8, 4) is 0 Å².